The lowest BCUT2D eigenvalue weighted by atomic mass is 10.0. The second-order valence-corrected chi connectivity index (χ2v) is 4.00. The lowest BCUT2D eigenvalue weighted by Crippen LogP contribution is -2.33. The lowest BCUT2D eigenvalue weighted by Gasteiger charge is -2.27. The van der Waals surface area contributed by atoms with Crippen molar-refractivity contribution in [3.8, 4) is 0 Å². The number of rotatable bonds is 9. The third-order valence-corrected chi connectivity index (χ3v) is 2.68. The first-order valence-electron chi connectivity index (χ1n) is 5.86. The minimum Gasteiger partial charge on any atom is -0.330 e. The quantitative estimate of drug-likeness (QED) is 0.589. The van der Waals surface area contributed by atoms with Crippen LogP contribution in [0.25, 0.3) is 0 Å². The van der Waals surface area contributed by atoms with Gasteiger partial charge in [-0.3, -0.25) is 0 Å². The second kappa shape index (κ2) is 9.44. The molecule has 3 heteroatoms. The Balaban J connectivity index is 3.81. The van der Waals surface area contributed by atoms with E-state index in [4.69, 9.17) is 11.5 Å². The fraction of sp³-hybridized carbons (Fsp3) is 1.00. The Morgan fingerprint density at radius 2 is 1.57 bits per heavy atom. The highest BCUT2D eigenvalue weighted by Crippen LogP contribution is 2.11. The van der Waals surface area contributed by atoms with Gasteiger partial charge in [-0.05, 0) is 58.8 Å². The molecule has 0 unspecified atom stereocenters. The topological polar surface area (TPSA) is 55.3 Å². The van der Waals surface area contributed by atoms with Crippen LogP contribution in [-0.4, -0.2) is 37.6 Å². The van der Waals surface area contributed by atoms with Crippen LogP contribution in [0, 0.1) is 0 Å². The highest BCUT2D eigenvalue weighted by Gasteiger charge is 2.12. The largest absolute Gasteiger partial charge is 0.330 e. The zero-order chi connectivity index (χ0) is 10.8. The molecule has 0 aromatic heterocycles. The molecule has 0 spiro atoms. The van der Waals surface area contributed by atoms with Gasteiger partial charge in [0.1, 0.15) is 0 Å². The lowest BCUT2D eigenvalue weighted by molar-refractivity contribution is 0.214. The van der Waals surface area contributed by atoms with E-state index >= 15 is 0 Å². The number of hydrogen-bond donors (Lipinski definition) is 2. The predicted octanol–water partition coefficient (Wildman–Crippen LogP) is 1.17. The molecule has 0 fully saturated rings. The Labute approximate surface area is 88.8 Å². The van der Waals surface area contributed by atoms with Crippen LogP contribution >= 0.6 is 0 Å². The van der Waals surface area contributed by atoms with E-state index in [0.29, 0.717) is 6.04 Å². The Morgan fingerprint density at radius 3 is 1.93 bits per heavy atom. The van der Waals surface area contributed by atoms with Crippen LogP contribution < -0.4 is 11.5 Å². The molecule has 14 heavy (non-hydrogen) atoms. The molecule has 0 saturated carbocycles. The van der Waals surface area contributed by atoms with Gasteiger partial charge in [-0.1, -0.05) is 6.92 Å². The summed E-state index contributed by atoms with van der Waals surface area (Å²) < 4.78 is 0. The predicted molar refractivity (Wildman–Crippen MR) is 63.3 cm³/mol. The first-order valence-corrected chi connectivity index (χ1v) is 5.86. The summed E-state index contributed by atoms with van der Waals surface area (Å²) in [7, 11) is 2.21. The number of nitrogens with zero attached hydrogens (tertiary/aromatic N) is 1. The molecule has 4 N–H and O–H groups in total. The van der Waals surface area contributed by atoms with Gasteiger partial charge in [0.2, 0.25) is 0 Å². The molecule has 0 rings (SSSR count). The molecular weight excluding hydrogens is 174 g/mol. The normalized spacial score (nSPS) is 11.6. The smallest absolute Gasteiger partial charge is 0.00931 e. The molecule has 0 aliphatic rings. The van der Waals surface area contributed by atoms with Crippen LogP contribution in [0.5, 0.6) is 0 Å². The molecular formula is C11H27N3. The summed E-state index contributed by atoms with van der Waals surface area (Å²) in [5.41, 5.74) is 11.1. The van der Waals surface area contributed by atoms with Crippen molar-refractivity contribution in [3.63, 3.8) is 0 Å². The molecule has 0 bridgehead atoms. The minimum atomic E-state index is 0.682. The second-order valence-electron chi connectivity index (χ2n) is 4.00. The first-order chi connectivity index (χ1) is 6.76. The first kappa shape index (κ1) is 13.9. The molecule has 0 heterocycles. The van der Waals surface area contributed by atoms with Crippen LogP contribution in [0.2, 0.25) is 0 Å². The summed E-state index contributed by atoms with van der Waals surface area (Å²) in [4.78, 5) is 2.45. The van der Waals surface area contributed by atoms with E-state index in [-0.39, 0.29) is 0 Å². The maximum Gasteiger partial charge on any atom is 0.00931 e. The molecule has 0 aromatic carbocycles. The average Bonchev–Trinajstić information content (AvgIpc) is 2.18. The molecule has 0 aliphatic carbocycles. The standard InChI is InChI=1S/C11H27N3/c1-3-10-14(2)11(6-4-8-12)7-5-9-13/h11H,3-10,12-13H2,1-2H3. The maximum atomic E-state index is 5.54. The van der Waals surface area contributed by atoms with Gasteiger partial charge >= 0.3 is 0 Å². The summed E-state index contributed by atoms with van der Waals surface area (Å²) >= 11 is 0. The van der Waals surface area contributed by atoms with E-state index in [2.05, 4.69) is 18.9 Å². The third kappa shape index (κ3) is 6.35. The fourth-order valence-corrected chi connectivity index (χ4v) is 1.83. The Kier molecular flexibility index (Phi) is 9.35. The highest BCUT2D eigenvalue weighted by atomic mass is 15.1. The molecule has 0 aromatic rings. The van der Waals surface area contributed by atoms with Gasteiger partial charge in [0.25, 0.3) is 0 Å². The van der Waals surface area contributed by atoms with Crippen LogP contribution in [0.3, 0.4) is 0 Å². The SMILES string of the molecule is CCCN(C)C(CCCN)CCCN. The van der Waals surface area contributed by atoms with Crippen LogP contribution in [-0.2, 0) is 0 Å². The summed E-state index contributed by atoms with van der Waals surface area (Å²) in [6.45, 7) is 5.01. The summed E-state index contributed by atoms with van der Waals surface area (Å²) in [6.07, 6.45) is 5.91. The van der Waals surface area contributed by atoms with Gasteiger partial charge in [-0.15, -0.1) is 0 Å². The van der Waals surface area contributed by atoms with Crippen LogP contribution in [0.4, 0.5) is 0 Å². The van der Waals surface area contributed by atoms with Crippen molar-refractivity contribution in [3.05, 3.63) is 0 Å². The van der Waals surface area contributed by atoms with Gasteiger partial charge in [0, 0.05) is 6.04 Å². The van der Waals surface area contributed by atoms with Gasteiger partial charge in [0.15, 0.2) is 0 Å². The average molecular weight is 201 g/mol. The van der Waals surface area contributed by atoms with Crippen molar-refractivity contribution >= 4 is 0 Å². The number of nitrogens with two attached hydrogens (primary N) is 2. The molecule has 86 valence electrons. The van der Waals surface area contributed by atoms with Crippen LogP contribution in [0.15, 0.2) is 0 Å². The summed E-state index contributed by atoms with van der Waals surface area (Å²) in [6, 6.07) is 0.682. The van der Waals surface area contributed by atoms with Gasteiger partial charge in [-0.2, -0.15) is 0 Å². The molecule has 0 saturated heterocycles. The molecule has 0 aliphatic heterocycles. The van der Waals surface area contributed by atoms with E-state index in [1.165, 1.54) is 25.8 Å². The Hall–Kier alpha value is -0.120. The zero-order valence-electron chi connectivity index (χ0n) is 9.84. The van der Waals surface area contributed by atoms with E-state index < -0.39 is 0 Å². The van der Waals surface area contributed by atoms with E-state index in [1.54, 1.807) is 0 Å². The van der Waals surface area contributed by atoms with E-state index in [0.717, 1.165) is 25.9 Å². The van der Waals surface area contributed by atoms with E-state index in [1.807, 2.05) is 0 Å². The number of hydrogen-bond acceptors (Lipinski definition) is 3. The molecule has 0 radical (unpaired) electrons. The van der Waals surface area contributed by atoms with Gasteiger partial charge in [0.05, 0.1) is 0 Å². The van der Waals surface area contributed by atoms with E-state index in [9.17, 15) is 0 Å². The molecule has 0 atom stereocenters. The Morgan fingerprint density at radius 1 is 1.07 bits per heavy atom. The fourth-order valence-electron chi connectivity index (χ4n) is 1.83. The minimum absolute atomic E-state index is 0.682. The highest BCUT2D eigenvalue weighted by molar-refractivity contribution is 4.69. The molecule has 0 amide bonds. The van der Waals surface area contributed by atoms with Crippen LogP contribution in [0.1, 0.15) is 39.0 Å². The van der Waals surface area contributed by atoms with Crippen molar-refractivity contribution in [2.75, 3.05) is 26.7 Å². The van der Waals surface area contributed by atoms with Crippen molar-refractivity contribution in [2.24, 2.45) is 11.5 Å². The maximum absolute atomic E-state index is 5.54. The third-order valence-electron chi connectivity index (χ3n) is 2.68. The Bertz CT molecular complexity index is 109. The van der Waals surface area contributed by atoms with Crippen molar-refractivity contribution < 1.29 is 0 Å². The van der Waals surface area contributed by atoms with Crippen molar-refractivity contribution in [2.45, 2.75) is 45.1 Å². The summed E-state index contributed by atoms with van der Waals surface area (Å²) in [5, 5.41) is 0. The van der Waals surface area contributed by atoms with Gasteiger partial charge < -0.3 is 16.4 Å². The van der Waals surface area contributed by atoms with Crippen molar-refractivity contribution in [1.29, 1.82) is 0 Å². The van der Waals surface area contributed by atoms with Gasteiger partial charge in [-0.25, -0.2) is 0 Å². The molecule has 3 nitrogen and oxygen atoms in total. The monoisotopic (exact) mass is 201 g/mol. The summed E-state index contributed by atoms with van der Waals surface area (Å²) in [5.74, 6) is 0. The zero-order valence-corrected chi connectivity index (χ0v) is 9.84. The van der Waals surface area contributed by atoms with Crippen molar-refractivity contribution in [1.82, 2.24) is 4.90 Å².